The Labute approximate surface area is 111 Å². The molecule has 1 fully saturated rings. The molecule has 0 aromatic heterocycles. The van der Waals surface area contributed by atoms with Crippen molar-refractivity contribution in [2.45, 2.75) is 20.8 Å². The second kappa shape index (κ2) is 4.84. The van der Waals surface area contributed by atoms with E-state index in [2.05, 4.69) is 0 Å². The molecule has 0 bridgehead atoms. The first kappa shape index (κ1) is 13.3. The quantitative estimate of drug-likeness (QED) is 0.462. The van der Waals surface area contributed by atoms with E-state index in [-0.39, 0.29) is 23.7 Å². The minimum absolute atomic E-state index is 0.197. The Kier molecular flexibility index (Phi) is 3.38. The van der Waals surface area contributed by atoms with Crippen LogP contribution in [0.3, 0.4) is 0 Å². The second-order valence-corrected chi connectivity index (χ2v) is 4.68. The van der Waals surface area contributed by atoms with E-state index in [0.717, 1.165) is 0 Å². The van der Waals surface area contributed by atoms with Crippen LogP contribution in [0.25, 0.3) is 0 Å². The number of hydrogen-bond donors (Lipinski definition) is 0. The lowest BCUT2D eigenvalue weighted by Gasteiger charge is -2.14. The largest absolute Gasteiger partial charge is 0.427 e. The molecule has 2 unspecified atom stereocenters. The Morgan fingerprint density at radius 1 is 1.05 bits per heavy atom. The van der Waals surface area contributed by atoms with E-state index in [4.69, 9.17) is 4.74 Å². The van der Waals surface area contributed by atoms with E-state index in [1.165, 1.54) is 11.8 Å². The first-order valence-corrected chi connectivity index (χ1v) is 6.08. The fraction of sp³-hybridized carbons (Fsp3) is 0.357. The highest BCUT2D eigenvalue weighted by atomic mass is 16.5. The maximum absolute atomic E-state index is 12.0. The van der Waals surface area contributed by atoms with Crippen LogP contribution in [-0.2, 0) is 14.4 Å². The smallest absolute Gasteiger partial charge is 0.308 e. The molecule has 100 valence electrons. The number of benzene rings is 1. The number of amides is 2. The van der Waals surface area contributed by atoms with E-state index >= 15 is 0 Å². The van der Waals surface area contributed by atoms with Gasteiger partial charge in [-0.2, -0.15) is 0 Å². The third kappa shape index (κ3) is 2.36. The summed E-state index contributed by atoms with van der Waals surface area (Å²) in [5.41, 5.74) is 0.502. The molecule has 2 amide bonds. The topological polar surface area (TPSA) is 63.7 Å². The lowest BCUT2D eigenvalue weighted by atomic mass is 10.00. The summed E-state index contributed by atoms with van der Waals surface area (Å²) in [7, 11) is 0. The van der Waals surface area contributed by atoms with Crippen LogP contribution in [-0.4, -0.2) is 17.8 Å². The predicted octanol–water partition coefficient (Wildman–Crippen LogP) is 1.76. The zero-order valence-corrected chi connectivity index (χ0v) is 11.0. The van der Waals surface area contributed by atoms with Crippen LogP contribution >= 0.6 is 0 Å². The molecule has 1 aliphatic heterocycles. The van der Waals surface area contributed by atoms with E-state index < -0.39 is 5.97 Å². The van der Waals surface area contributed by atoms with Gasteiger partial charge >= 0.3 is 5.97 Å². The van der Waals surface area contributed by atoms with Gasteiger partial charge < -0.3 is 4.74 Å². The molecule has 0 N–H and O–H groups in total. The molecule has 2 rings (SSSR count). The molecule has 5 nitrogen and oxygen atoms in total. The molecule has 19 heavy (non-hydrogen) atoms. The normalized spacial score (nSPS) is 22.8. The van der Waals surface area contributed by atoms with E-state index in [1.54, 1.807) is 38.1 Å². The van der Waals surface area contributed by atoms with Crippen LogP contribution < -0.4 is 9.64 Å². The summed E-state index contributed by atoms with van der Waals surface area (Å²) >= 11 is 0. The van der Waals surface area contributed by atoms with Crippen molar-refractivity contribution in [2.24, 2.45) is 11.8 Å². The highest BCUT2D eigenvalue weighted by molar-refractivity contribution is 6.21. The molecule has 2 atom stereocenters. The van der Waals surface area contributed by atoms with Crippen molar-refractivity contribution in [1.29, 1.82) is 0 Å². The summed E-state index contributed by atoms with van der Waals surface area (Å²) in [6.45, 7) is 4.81. The van der Waals surface area contributed by atoms with Crippen LogP contribution in [0, 0.1) is 11.8 Å². The summed E-state index contributed by atoms with van der Waals surface area (Å²) in [4.78, 5) is 36.0. The van der Waals surface area contributed by atoms with E-state index in [1.807, 2.05) is 0 Å². The molecule has 0 aliphatic carbocycles. The number of imide groups is 1. The molecular weight excluding hydrogens is 246 g/mol. The Balaban J connectivity index is 2.25. The number of carbonyl (C=O) groups excluding carboxylic acids is 3. The van der Waals surface area contributed by atoms with Crippen LogP contribution in [0.1, 0.15) is 20.8 Å². The third-order valence-corrected chi connectivity index (χ3v) is 3.33. The molecule has 5 heteroatoms. The Bertz CT molecular complexity index is 515. The predicted molar refractivity (Wildman–Crippen MR) is 68.6 cm³/mol. The highest BCUT2D eigenvalue weighted by Crippen LogP contribution is 2.31. The maximum atomic E-state index is 12.0. The average Bonchev–Trinajstić information content (AvgIpc) is 2.55. The fourth-order valence-corrected chi connectivity index (χ4v) is 2.03. The zero-order chi connectivity index (χ0) is 14.2. The number of esters is 1. The zero-order valence-electron chi connectivity index (χ0n) is 11.0. The van der Waals surface area contributed by atoms with Gasteiger partial charge in [0.25, 0.3) is 0 Å². The van der Waals surface area contributed by atoms with E-state index in [0.29, 0.717) is 11.4 Å². The Morgan fingerprint density at radius 2 is 1.53 bits per heavy atom. The van der Waals surface area contributed by atoms with Crippen molar-refractivity contribution in [3.05, 3.63) is 24.3 Å². The van der Waals surface area contributed by atoms with Crippen molar-refractivity contribution in [3.8, 4) is 5.75 Å². The minimum atomic E-state index is -0.414. The molecule has 1 aromatic carbocycles. The lowest BCUT2D eigenvalue weighted by Crippen LogP contribution is -2.30. The molecule has 1 heterocycles. The molecule has 1 aliphatic rings. The molecule has 0 saturated carbocycles. The van der Waals surface area contributed by atoms with Crippen molar-refractivity contribution in [3.63, 3.8) is 0 Å². The van der Waals surface area contributed by atoms with Crippen LogP contribution in [0.4, 0.5) is 5.69 Å². The third-order valence-electron chi connectivity index (χ3n) is 3.33. The van der Waals surface area contributed by atoms with Crippen molar-refractivity contribution in [1.82, 2.24) is 0 Å². The van der Waals surface area contributed by atoms with Gasteiger partial charge in [-0.05, 0) is 24.3 Å². The van der Waals surface area contributed by atoms with Crippen molar-refractivity contribution >= 4 is 23.5 Å². The summed E-state index contributed by atoms with van der Waals surface area (Å²) in [6.07, 6.45) is 0. The van der Waals surface area contributed by atoms with E-state index in [9.17, 15) is 14.4 Å². The first-order chi connectivity index (χ1) is 8.91. The summed E-state index contributed by atoms with van der Waals surface area (Å²) in [5, 5.41) is 0. The molecule has 0 spiro atoms. The monoisotopic (exact) mass is 261 g/mol. The van der Waals surface area contributed by atoms with Gasteiger partial charge in [0.1, 0.15) is 5.75 Å². The second-order valence-electron chi connectivity index (χ2n) is 4.68. The van der Waals surface area contributed by atoms with Gasteiger partial charge in [0.15, 0.2) is 0 Å². The van der Waals surface area contributed by atoms with Crippen LogP contribution in [0.2, 0.25) is 0 Å². The minimum Gasteiger partial charge on any atom is -0.427 e. The van der Waals surface area contributed by atoms with Crippen molar-refractivity contribution < 1.29 is 19.1 Å². The molecule has 1 aromatic rings. The number of rotatable bonds is 2. The molecule has 1 saturated heterocycles. The SMILES string of the molecule is CC(=O)Oc1ccc(N2C(=O)C(C)C(C)C2=O)cc1. The first-order valence-electron chi connectivity index (χ1n) is 6.08. The van der Waals surface area contributed by atoms with Crippen LogP contribution in [0.5, 0.6) is 5.75 Å². The van der Waals surface area contributed by atoms with Crippen molar-refractivity contribution in [2.75, 3.05) is 4.90 Å². The fourth-order valence-electron chi connectivity index (χ4n) is 2.03. The number of ether oxygens (including phenoxy) is 1. The average molecular weight is 261 g/mol. The van der Waals surface area contributed by atoms with Crippen LogP contribution in [0.15, 0.2) is 24.3 Å². The lowest BCUT2D eigenvalue weighted by molar-refractivity contribution is -0.132. The van der Waals surface area contributed by atoms with Gasteiger partial charge in [-0.1, -0.05) is 13.8 Å². The number of hydrogen-bond acceptors (Lipinski definition) is 4. The van der Waals surface area contributed by atoms with Gasteiger partial charge in [-0.25, -0.2) is 0 Å². The van der Waals surface area contributed by atoms with Gasteiger partial charge in [-0.3, -0.25) is 19.3 Å². The maximum Gasteiger partial charge on any atom is 0.308 e. The number of anilines is 1. The highest BCUT2D eigenvalue weighted by Gasteiger charge is 2.42. The standard InChI is InChI=1S/C14H15NO4/c1-8-9(2)14(18)15(13(8)17)11-4-6-12(7-5-11)19-10(3)16/h4-9H,1-3H3. The van der Waals surface area contributed by atoms with Gasteiger partial charge in [-0.15, -0.1) is 0 Å². The summed E-state index contributed by atoms with van der Waals surface area (Å²) in [5.74, 6) is -1.03. The number of carbonyl (C=O) groups is 3. The number of nitrogens with zero attached hydrogens (tertiary/aromatic N) is 1. The Morgan fingerprint density at radius 3 is 1.95 bits per heavy atom. The molecule has 0 radical (unpaired) electrons. The van der Waals surface area contributed by atoms with Gasteiger partial charge in [0.2, 0.25) is 11.8 Å². The summed E-state index contributed by atoms with van der Waals surface area (Å²) in [6, 6.07) is 6.31. The van der Waals surface area contributed by atoms with Gasteiger partial charge in [0, 0.05) is 18.8 Å². The Hall–Kier alpha value is -2.17. The van der Waals surface area contributed by atoms with Gasteiger partial charge in [0.05, 0.1) is 5.69 Å². The molecular formula is C14H15NO4. The summed E-state index contributed by atoms with van der Waals surface area (Å²) < 4.78 is 4.90.